The van der Waals surface area contributed by atoms with Gasteiger partial charge in [0, 0.05) is 12.2 Å². The number of benzene rings is 1. The van der Waals surface area contributed by atoms with E-state index in [4.69, 9.17) is 14.2 Å². The van der Waals surface area contributed by atoms with Gasteiger partial charge in [0.05, 0.1) is 26.4 Å². The number of nitrogens with one attached hydrogen (secondary N) is 1. The van der Waals surface area contributed by atoms with Crippen molar-refractivity contribution >= 4 is 15.9 Å². The van der Waals surface area contributed by atoms with Gasteiger partial charge < -0.3 is 19.5 Å². The van der Waals surface area contributed by atoms with Gasteiger partial charge in [-0.3, -0.25) is 0 Å². The Labute approximate surface area is 129 Å². The highest BCUT2D eigenvalue weighted by atomic mass is 79.9. The Morgan fingerprint density at radius 3 is 2.40 bits per heavy atom. The Hall–Kier alpha value is -0.780. The molecule has 1 aromatic carbocycles. The van der Waals surface area contributed by atoms with Crippen LogP contribution >= 0.6 is 15.9 Å². The molecule has 1 N–H and O–H groups in total. The minimum absolute atomic E-state index is 0.0501. The van der Waals surface area contributed by atoms with Crippen LogP contribution in [-0.4, -0.2) is 33.5 Å². The van der Waals surface area contributed by atoms with E-state index in [1.54, 1.807) is 14.2 Å². The highest BCUT2D eigenvalue weighted by Gasteiger charge is 2.24. The molecule has 0 heterocycles. The summed E-state index contributed by atoms with van der Waals surface area (Å²) in [4.78, 5) is 0. The molecule has 0 aliphatic heterocycles. The van der Waals surface area contributed by atoms with Crippen LogP contribution in [0, 0.1) is 0 Å². The van der Waals surface area contributed by atoms with E-state index in [9.17, 15) is 0 Å². The molecule has 114 valence electrons. The van der Waals surface area contributed by atoms with Crippen molar-refractivity contribution in [3.8, 4) is 11.5 Å². The van der Waals surface area contributed by atoms with Crippen LogP contribution in [0.25, 0.3) is 0 Å². The molecule has 2 atom stereocenters. The molecule has 0 aromatic heterocycles. The van der Waals surface area contributed by atoms with Gasteiger partial charge in [-0.25, -0.2) is 0 Å². The molecule has 0 aliphatic carbocycles. The topological polar surface area (TPSA) is 39.7 Å². The number of rotatable bonds is 8. The second-order valence-electron chi connectivity index (χ2n) is 4.40. The Balaban J connectivity index is 3.22. The van der Waals surface area contributed by atoms with E-state index in [-0.39, 0.29) is 12.1 Å². The Morgan fingerprint density at radius 1 is 1.20 bits per heavy atom. The van der Waals surface area contributed by atoms with E-state index >= 15 is 0 Å². The van der Waals surface area contributed by atoms with E-state index in [2.05, 4.69) is 35.1 Å². The third-order valence-corrected chi connectivity index (χ3v) is 3.93. The Bertz CT molecular complexity index is 426. The number of halogens is 1. The van der Waals surface area contributed by atoms with Crippen LogP contribution in [0.4, 0.5) is 0 Å². The molecule has 0 fully saturated rings. The summed E-state index contributed by atoms with van der Waals surface area (Å²) in [7, 11) is 3.31. The first-order valence-electron chi connectivity index (χ1n) is 6.85. The normalized spacial score (nSPS) is 13.9. The zero-order valence-electron chi connectivity index (χ0n) is 12.8. The van der Waals surface area contributed by atoms with Crippen LogP contribution in [0.2, 0.25) is 0 Å². The fourth-order valence-electron chi connectivity index (χ4n) is 2.27. The summed E-state index contributed by atoms with van der Waals surface area (Å²) in [6, 6.07) is 4.02. The van der Waals surface area contributed by atoms with Crippen molar-refractivity contribution in [2.24, 2.45) is 0 Å². The second kappa shape index (κ2) is 8.49. The lowest BCUT2D eigenvalue weighted by atomic mass is 10.0. The molecule has 1 aromatic rings. The molecule has 0 amide bonds. The molecule has 0 saturated carbocycles. The van der Waals surface area contributed by atoms with Gasteiger partial charge in [0.15, 0.2) is 0 Å². The average Bonchev–Trinajstić information content (AvgIpc) is 2.44. The lowest BCUT2D eigenvalue weighted by molar-refractivity contribution is 0.0469. The van der Waals surface area contributed by atoms with Crippen molar-refractivity contribution in [1.82, 2.24) is 5.32 Å². The van der Waals surface area contributed by atoms with Gasteiger partial charge in [-0.05, 0) is 48.5 Å². The first-order valence-corrected chi connectivity index (χ1v) is 7.65. The van der Waals surface area contributed by atoms with Crippen molar-refractivity contribution in [2.45, 2.75) is 32.9 Å². The van der Waals surface area contributed by atoms with Crippen LogP contribution in [0.5, 0.6) is 11.5 Å². The Kier molecular flexibility index (Phi) is 7.34. The molecule has 0 spiro atoms. The third kappa shape index (κ3) is 3.87. The number of hydrogen-bond donors (Lipinski definition) is 1. The molecular formula is C15H24BrNO3. The number of likely N-dealkylation sites (N-methyl/N-ethyl adjacent to an activating group) is 1. The average molecular weight is 346 g/mol. The zero-order valence-corrected chi connectivity index (χ0v) is 14.4. The summed E-state index contributed by atoms with van der Waals surface area (Å²) in [6.45, 7) is 7.68. The maximum absolute atomic E-state index is 5.74. The van der Waals surface area contributed by atoms with Crippen LogP contribution < -0.4 is 14.8 Å². The summed E-state index contributed by atoms with van der Waals surface area (Å²) in [5, 5.41) is 3.46. The molecule has 20 heavy (non-hydrogen) atoms. The summed E-state index contributed by atoms with van der Waals surface area (Å²) < 4.78 is 17.4. The molecule has 1 rings (SSSR count). The largest absolute Gasteiger partial charge is 0.495 e. The Morgan fingerprint density at radius 2 is 1.90 bits per heavy atom. The SMILES string of the molecule is CCNC(c1ccc(OC)c(Br)c1OC)C(C)OCC. The fourth-order valence-corrected chi connectivity index (χ4v) is 2.96. The molecule has 4 nitrogen and oxygen atoms in total. The van der Waals surface area contributed by atoms with E-state index in [0.717, 1.165) is 28.1 Å². The van der Waals surface area contributed by atoms with Gasteiger partial charge in [0.2, 0.25) is 0 Å². The summed E-state index contributed by atoms with van der Waals surface area (Å²) in [5.41, 5.74) is 1.06. The number of hydrogen-bond acceptors (Lipinski definition) is 4. The lowest BCUT2D eigenvalue weighted by Crippen LogP contribution is -2.32. The molecule has 5 heteroatoms. The van der Waals surface area contributed by atoms with Crippen LogP contribution in [0.3, 0.4) is 0 Å². The highest BCUT2D eigenvalue weighted by molar-refractivity contribution is 9.10. The first-order chi connectivity index (χ1) is 9.60. The van der Waals surface area contributed by atoms with Crippen molar-refractivity contribution in [3.05, 3.63) is 22.2 Å². The molecule has 0 radical (unpaired) electrons. The quantitative estimate of drug-likeness (QED) is 0.782. The van der Waals surface area contributed by atoms with Crippen molar-refractivity contribution in [2.75, 3.05) is 27.4 Å². The number of methoxy groups -OCH3 is 2. The third-order valence-electron chi connectivity index (χ3n) is 3.17. The van der Waals surface area contributed by atoms with Gasteiger partial charge in [-0.2, -0.15) is 0 Å². The smallest absolute Gasteiger partial charge is 0.141 e. The van der Waals surface area contributed by atoms with Gasteiger partial charge in [0.25, 0.3) is 0 Å². The monoisotopic (exact) mass is 345 g/mol. The standard InChI is InChI=1S/C15H24BrNO3/c1-6-17-14(10(3)20-7-2)11-8-9-12(18-4)13(16)15(11)19-5/h8-10,14,17H,6-7H2,1-5H3. The molecule has 0 saturated heterocycles. The van der Waals surface area contributed by atoms with E-state index in [1.165, 1.54) is 0 Å². The van der Waals surface area contributed by atoms with Gasteiger partial charge >= 0.3 is 0 Å². The summed E-state index contributed by atoms with van der Waals surface area (Å²) >= 11 is 3.54. The maximum Gasteiger partial charge on any atom is 0.141 e. The van der Waals surface area contributed by atoms with Crippen molar-refractivity contribution in [1.29, 1.82) is 0 Å². The lowest BCUT2D eigenvalue weighted by Gasteiger charge is -2.27. The highest BCUT2D eigenvalue weighted by Crippen LogP contribution is 2.40. The van der Waals surface area contributed by atoms with E-state index < -0.39 is 0 Å². The molecular weight excluding hydrogens is 322 g/mol. The predicted molar refractivity (Wildman–Crippen MR) is 84.8 cm³/mol. The van der Waals surface area contributed by atoms with Crippen LogP contribution in [0.15, 0.2) is 16.6 Å². The molecule has 0 bridgehead atoms. The van der Waals surface area contributed by atoms with Gasteiger partial charge in [-0.15, -0.1) is 0 Å². The minimum atomic E-state index is 0.0501. The fraction of sp³-hybridized carbons (Fsp3) is 0.600. The predicted octanol–water partition coefficient (Wildman–Crippen LogP) is 3.54. The van der Waals surface area contributed by atoms with Gasteiger partial charge in [0.1, 0.15) is 16.0 Å². The second-order valence-corrected chi connectivity index (χ2v) is 5.19. The van der Waals surface area contributed by atoms with Gasteiger partial charge in [-0.1, -0.05) is 6.92 Å². The van der Waals surface area contributed by atoms with E-state index in [0.29, 0.717) is 6.61 Å². The maximum atomic E-state index is 5.74. The molecule has 2 unspecified atom stereocenters. The summed E-state index contributed by atoms with van der Waals surface area (Å²) in [5.74, 6) is 1.53. The van der Waals surface area contributed by atoms with Crippen LogP contribution in [-0.2, 0) is 4.74 Å². The number of ether oxygens (including phenoxy) is 3. The molecule has 0 aliphatic rings. The van der Waals surface area contributed by atoms with E-state index in [1.807, 2.05) is 19.1 Å². The zero-order chi connectivity index (χ0) is 15.1. The van der Waals surface area contributed by atoms with Crippen LogP contribution in [0.1, 0.15) is 32.4 Å². The summed E-state index contributed by atoms with van der Waals surface area (Å²) in [6.07, 6.45) is 0.0501. The van der Waals surface area contributed by atoms with Crippen molar-refractivity contribution in [3.63, 3.8) is 0 Å². The first kappa shape index (κ1) is 17.3. The van der Waals surface area contributed by atoms with Crippen molar-refractivity contribution < 1.29 is 14.2 Å². The minimum Gasteiger partial charge on any atom is -0.495 e.